The van der Waals surface area contributed by atoms with E-state index in [0.29, 0.717) is 36.8 Å². The molecule has 27 heavy (non-hydrogen) atoms. The van der Waals surface area contributed by atoms with Crippen molar-refractivity contribution in [1.82, 2.24) is 10.2 Å². The van der Waals surface area contributed by atoms with Crippen LogP contribution < -0.4 is 10.2 Å². The van der Waals surface area contributed by atoms with Crippen molar-refractivity contribution in [2.45, 2.75) is 13.0 Å². The standard InChI is InChI=1S/C19H17FN4O2S/c20-16-4-2-1-3-14(16)11-17-22-23-18(27-17)21-12-13-5-7-15(8-6-13)24-9-10-26-19(24)25/h1-8H,9-12H2,(H,21,23). The lowest BCUT2D eigenvalue weighted by Gasteiger charge is -2.13. The highest BCUT2D eigenvalue weighted by Crippen LogP contribution is 2.22. The minimum atomic E-state index is -0.308. The van der Waals surface area contributed by atoms with Gasteiger partial charge in [0, 0.05) is 18.7 Å². The number of hydrogen-bond acceptors (Lipinski definition) is 6. The molecule has 1 amide bonds. The Kier molecular flexibility index (Phi) is 4.97. The van der Waals surface area contributed by atoms with Crippen LogP contribution in [-0.4, -0.2) is 29.4 Å². The fourth-order valence-corrected chi connectivity index (χ4v) is 3.56. The van der Waals surface area contributed by atoms with E-state index in [1.54, 1.807) is 17.0 Å². The first kappa shape index (κ1) is 17.4. The van der Waals surface area contributed by atoms with E-state index >= 15 is 0 Å². The SMILES string of the molecule is O=C1OCCN1c1ccc(CNc2nnc(Cc3ccccc3F)s2)cc1. The zero-order valence-corrected chi connectivity index (χ0v) is 15.2. The van der Waals surface area contributed by atoms with Crippen LogP contribution in [0.5, 0.6) is 0 Å². The Hall–Kier alpha value is -3.00. The average molecular weight is 384 g/mol. The van der Waals surface area contributed by atoms with E-state index in [1.807, 2.05) is 30.3 Å². The molecule has 0 atom stereocenters. The normalized spacial score (nSPS) is 13.7. The number of hydrogen-bond donors (Lipinski definition) is 1. The molecular weight excluding hydrogens is 367 g/mol. The third-order valence-corrected chi connectivity index (χ3v) is 5.10. The number of aromatic nitrogens is 2. The molecule has 1 fully saturated rings. The third kappa shape index (κ3) is 4.06. The zero-order chi connectivity index (χ0) is 18.6. The lowest BCUT2D eigenvalue weighted by atomic mass is 10.1. The summed E-state index contributed by atoms with van der Waals surface area (Å²) in [6.45, 7) is 1.58. The molecule has 138 valence electrons. The largest absolute Gasteiger partial charge is 0.447 e. The van der Waals surface area contributed by atoms with Crippen molar-refractivity contribution in [2.75, 3.05) is 23.4 Å². The van der Waals surface area contributed by atoms with Gasteiger partial charge in [0.25, 0.3) is 0 Å². The van der Waals surface area contributed by atoms with Gasteiger partial charge in [0.15, 0.2) is 0 Å². The van der Waals surface area contributed by atoms with Gasteiger partial charge in [0.1, 0.15) is 17.4 Å². The molecule has 2 aromatic carbocycles. The Bertz CT molecular complexity index is 945. The predicted molar refractivity (Wildman–Crippen MR) is 102 cm³/mol. The summed E-state index contributed by atoms with van der Waals surface area (Å²) in [4.78, 5) is 13.2. The van der Waals surface area contributed by atoms with Gasteiger partial charge in [-0.1, -0.05) is 41.7 Å². The first-order valence-electron chi connectivity index (χ1n) is 8.52. The fraction of sp³-hybridized carbons (Fsp3) is 0.211. The van der Waals surface area contributed by atoms with Crippen molar-refractivity contribution in [3.8, 4) is 0 Å². The van der Waals surface area contributed by atoms with E-state index in [1.165, 1.54) is 17.4 Å². The van der Waals surface area contributed by atoms with E-state index < -0.39 is 0 Å². The molecule has 8 heteroatoms. The van der Waals surface area contributed by atoms with Crippen LogP contribution in [0.15, 0.2) is 48.5 Å². The minimum absolute atomic E-state index is 0.232. The fourth-order valence-electron chi connectivity index (χ4n) is 2.80. The molecule has 3 aromatic rings. The molecule has 0 aliphatic carbocycles. The second kappa shape index (κ2) is 7.71. The Morgan fingerprint density at radius 1 is 1.15 bits per heavy atom. The maximum atomic E-state index is 13.7. The van der Waals surface area contributed by atoms with Crippen LogP contribution in [0.3, 0.4) is 0 Å². The van der Waals surface area contributed by atoms with Crippen LogP contribution in [0, 0.1) is 5.82 Å². The zero-order valence-electron chi connectivity index (χ0n) is 14.4. The number of halogens is 1. The molecule has 0 saturated carbocycles. The molecule has 0 spiro atoms. The van der Waals surface area contributed by atoms with Crippen molar-refractivity contribution in [1.29, 1.82) is 0 Å². The third-order valence-electron chi connectivity index (χ3n) is 4.22. The van der Waals surface area contributed by atoms with Crippen molar-refractivity contribution >= 4 is 28.2 Å². The highest BCUT2D eigenvalue weighted by atomic mass is 32.1. The topological polar surface area (TPSA) is 67.3 Å². The molecule has 1 N–H and O–H groups in total. The molecule has 2 heterocycles. The van der Waals surface area contributed by atoms with Crippen molar-refractivity contribution < 1.29 is 13.9 Å². The van der Waals surface area contributed by atoms with Crippen LogP contribution in [0.4, 0.5) is 20.0 Å². The number of amides is 1. The van der Waals surface area contributed by atoms with Gasteiger partial charge in [-0.25, -0.2) is 9.18 Å². The smallest absolute Gasteiger partial charge is 0.414 e. The second-order valence-corrected chi connectivity index (χ2v) is 7.12. The summed E-state index contributed by atoms with van der Waals surface area (Å²) >= 11 is 1.41. The summed E-state index contributed by atoms with van der Waals surface area (Å²) in [6.07, 6.45) is 0.115. The van der Waals surface area contributed by atoms with E-state index in [-0.39, 0.29) is 11.9 Å². The second-order valence-electron chi connectivity index (χ2n) is 6.06. The minimum Gasteiger partial charge on any atom is -0.447 e. The molecule has 0 unspecified atom stereocenters. The number of nitrogens with zero attached hydrogens (tertiary/aromatic N) is 3. The number of cyclic esters (lactones) is 1. The summed E-state index contributed by atoms with van der Waals surface area (Å²) in [5, 5.41) is 12.9. The molecule has 6 nitrogen and oxygen atoms in total. The first-order valence-corrected chi connectivity index (χ1v) is 9.33. The van der Waals surface area contributed by atoms with Gasteiger partial charge >= 0.3 is 6.09 Å². The van der Waals surface area contributed by atoms with Crippen molar-refractivity contribution in [2.24, 2.45) is 0 Å². The Balaban J connectivity index is 1.34. The lowest BCUT2D eigenvalue weighted by molar-refractivity contribution is 0.181. The Morgan fingerprint density at radius 3 is 2.70 bits per heavy atom. The molecular formula is C19H17FN4O2S. The van der Waals surface area contributed by atoms with E-state index in [9.17, 15) is 9.18 Å². The van der Waals surface area contributed by atoms with Gasteiger partial charge in [0.05, 0.1) is 6.54 Å². The summed E-state index contributed by atoms with van der Waals surface area (Å²) < 4.78 is 18.7. The number of anilines is 2. The maximum absolute atomic E-state index is 13.7. The van der Waals surface area contributed by atoms with E-state index in [4.69, 9.17) is 4.74 Å². The van der Waals surface area contributed by atoms with Crippen LogP contribution in [-0.2, 0) is 17.7 Å². The Labute approximate surface area is 159 Å². The molecule has 1 aromatic heterocycles. The number of carbonyl (C=O) groups is 1. The van der Waals surface area contributed by atoms with Gasteiger partial charge in [-0.2, -0.15) is 0 Å². The number of rotatable bonds is 6. The summed E-state index contributed by atoms with van der Waals surface area (Å²) in [7, 11) is 0. The predicted octanol–water partition coefficient (Wildman–Crippen LogP) is 3.84. The van der Waals surface area contributed by atoms with Crippen LogP contribution in [0.25, 0.3) is 0 Å². The summed E-state index contributed by atoms with van der Waals surface area (Å²) in [5.74, 6) is -0.232. The van der Waals surface area contributed by atoms with Crippen LogP contribution in [0.1, 0.15) is 16.1 Å². The molecule has 4 rings (SSSR count). The summed E-state index contributed by atoms with van der Waals surface area (Å²) in [5.41, 5.74) is 2.48. The maximum Gasteiger partial charge on any atom is 0.414 e. The summed E-state index contributed by atoms with van der Waals surface area (Å²) in [6, 6.07) is 14.4. The quantitative estimate of drug-likeness (QED) is 0.699. The van der Waals surface area contributed by atoms with Gasteiger partial charge in [0.2, 0.25) is 5.13 Å². The Morgan fingerprint density at radius 2 is 1.96 bits per heavy atom. The van der Waals surface area contributed by atoms with Gasteiger partial charge in [-0.05, 0) is 29.3 Å². The van der Waals surface area contributed by atoms with Gasteiger partial charge < -0.3 is 10.1 Å². The molecule has 1 aliphatic heterocycles. The van der Waals surface area contributed by atoms with Crippen LogP contribution in [0.2, 0.25) is 0 Å². The molecule has 0 radical (unpaired) electrons. The molecule has 1 saturated heterocycles. The first-order chi connectivity index (χ1) is 13.2. The number of carbonyl (C=O) groups excluding carboxylic acids is 1. The van der Waals surface area contributed by atoms with E-state index in [2.05, 4.69) is 15.5 Å². The lowest BCUT2D eigenvalue weighted by Crippen LogP contribution is -2.23. The number of nitrogens with one attached hydrogen (secondary N) is 1. The molecule has 0 bridgehead atoms. The highest BCUT2D eigenvalue weighted by molar-refractivity contribution is 7.15. The van der Waals surface area contributed by atoms with Gasteiger partial charge in [-0.3, -0.25) is 4.90 Å². The average Bonchev–Trinajstić information content (AvgIpc) is 3.31. The highest BCUT2D eigenvalue weighted by Gasteiger charge is 2.23. The number of benzene rings is 2. The van der Waals surface area contributed by atoms with Gasteiger partial charge in [-0.15, -0.1) is 10.2 Å². The monoisotopic (exact) mass is 384 g/mol. The number of ether oxygens (including phenoxy) is 1. The van der Waals surface area contributed by atoms with Crippen molar-refractivity contribution in [3.63, 3.8) is 0 Å². The molecule has 1 aliphatic rings. The van der Waals surface area contributed by atoms with Crippen molar-refractivity contribution in [3.05, 3.63) is 70.5 Å². The van der Waals surface area contributed by atoms with E-state index in [0.717, 1.165) is 16.3 Å². The van der Waals surface area contributed by atoms with Crippen LogP contribution >= 0.6 is 11.3 Å².